The van der Waals surface area contributed by atoms with Crippen LogP contribution in [-0.4, -0.2) is 74.3 Å². The molecule has 0 aromatic heterocycles. The molecule has 3 atom stereocenters. The third-order valence-electron chi connectivity index (χ3n) is 14.7. The van der Waals surface area contributed by atoms with Crippen LogP contribution in [0.25, 0.3) is 0 Å². The average molecular weight is 1120 g/mol. The van der Waals surface area contributed by atoms with E-state index in [0.29, 0.717) is 23.9 Å². The highest BCUT2D eigenvalue weighted by atomic mass is 31.2. The van der Waals surface area contributed by atoms with E-state index in [9.17, 15) is 19.0 Å². The molecule has 0 aliphatic rings. The van der Waals surface area contributed by atoms with Gasteiger partial charge >= 0.3 is 13.8 Å². The van der Waals surface area contributed by atoms with Crippen LogP contribution in [-0.2, 0) is 27.9 Å². The summed E-state index contributed by atoms with van der Waals surface area (Å²) in [5.74, 6) is -0.501. The second-order valence-corrected chi connectivity index (χ2v) is 25.1. The van der Waals surface area contributed by atoms with Crippen LogP contribution >= 0.6 is 7.82 Å². The first kappa shape index (κ1) is 75.7. The van der Waals surface area contributed by atoms with Crippen molar-refractivity contribution in [3.8, 4) is 0 Å². The van der Waals surface area contributed by atoms with E-state index in [4.69, 9.17) is 13.8 Å². The first-order chi connectivity index (χ1) is 37.9. The largest absolute Gasteiger partial charge is 0.472 e. The van der Waals surface area contributed by atoms with Crippen molar-refractivity contribution in [2.75, 3.05) is 40.9 Å². The summed E-state index contributed by atoms with van der Waals surface area (Å²) in [5.41, 5.74) is 0. The Morgan fingerprint density at radius 2 is 0.782 bits per heavy atom. The molecular weight excluding hydrogens is 988 g/mol. The number of hydrogen-bond donors (Lipinski definition) is 2. The van der Waals surface area contributed by atoms with Gasteiger partial charge in [-0.15, -0.1) is 0 Å². The summed E-state index contributed by atoms with van der Waals surface area (Å²) in [7, 11) is 1.50. The van der Waals surface area contributed by atoms with E-state index in [2.05, 4.69) is 74.7 Å². The molecular formula is C68H128N2O7P+. The number of esters is 1. The fourth-order valence-electron chi connectivity index (χ4n) is 9.57. The summed E-state index contributed by atoms with van der Waals surface area (Å²) in [4.78, 5) is 37.8. The summed E-state index contributed by atoms with van der Waals surface area (Å²) >= 11 is 0. The molecule has 0 aromatic carbocycles. The van der Waals surface area contributed by atoms with Crippen LogP contribution < -0.4 is 5.32 Å². The van der Waals surface area contributed by atoms with Gasteiger partial charge in [0, 0.05) is 12.8 Å². The molecule has 0 heterocycles. The van der Waals surface area contributed by atoms with Crippen molar-refractivity contribution in [1.29, 1.82) is 0 Å². The van der Waals surface area contributed by atoms with Crippen molar-refractivity contribution in [1.82, 2.24) is 5.32 Å². The van der Waals surface area contributed by atoms with Gasteiger partial charge in [0.05, 0.1) is 33.8 Å². The predicted octanol–water partition coefficient (Wildman–Crippen LogP) is 20.6. The Morgan fingerprint density at radius 1 is 0.449 bits per heavy atom. The summed E-state index contributed by atoms with van der Waals surface area (Å²) in [6.45, 7) is 7.01. The normalized spacial score (nSPS) is 14.0. The Kier molecular flexibility index (Phi) is 56.2. The number of ether oxygens (including phenoxy) is 1. The van der Waals surface area contributed by atoms with Crippen LogP contribution in [0.4, 0.5) is 0 Å². The third-order valence-corrected chi connectivity index (χ3v) is 15.7. The van der Waals surface area contributed by atoms with Gasteiger partial charge in [0.2, 0.25) is 5.91 Å². The molecule has 0 rings (SSSR count). The lowest BCUT2D eigenvalue weighted by atomic mass is 10.0. The van der Waals surface area contributed by atoms with Crippen molar-refractivity contribution in [3.63, 3.8) is 0 Å². The first-order valence-corrected chi connectivity index (χ1v) is 34.6. The zero-order chi connectivity index (χ0) is 57.2. The molecule has 78 heavy (non-hydrogen) atoms. The van der Waals surface area contributed by atoms with Gasteiger partial charge in [-0.2, -0.15) is 0 Å². The van der Waals surface area contributed by atoms with Crippen LogP contribution in [0.1, 0.15) is 310 Å². The number of phosphoric acid groups is 1. The lowest BCUT2D eigenvalue weighted by molar-refractivity contribution is -0.870. The molecule has 0 aliphatic heterocycles. The Morgan fingerprint density at radius 3 is 1.19 bits per heavy atom. The number of nitrogens with one attached hydrogen (secondary N) is 1. The number of nitrogens with zero attached hydrogens (tertiary/aromatic N) is 1. The molecule has 0 fully saturated rings. The SMILES string of the molecule is CCCCC/C=C\C/C=C\C/C=C\C/C=C\CCCCCCCCCCCC(=O)NC(COP(=O)(O)OCC[N+](C)(C)C)C(/C=C\CCCCCCCCCCCCC)OC(=O)CCCCCCCCCCCCCCCC. The van der Waals surface area contributed by atoms with Gasteiger partial charge in [0.25, 0.3) is 0 Å². The quantitative estimate of drug-likeness (QED) is 0.0205. The van der Waals surface area contributed by atoms with E-state index in [1.165, 1.54) is 186 Å². The number of carbonyl (C=O) groups excluding carboxylic acids is 2. The van der Waals surface area contributed by atoms with Crippen molar-refractivity contribution in [2.45, 2.75) is 322 Å². The number of amides is 1. The van der Waals surface area contributed by atoms with E-state index < -0.39 is 20.0 Å². The summed E-state index contributed by atoms with van der Waals surface area (Å²) in [6, 6.07) is -0.851. The molecule has 9 nitrogen and oxygen atoms in total. The van der Waals surface area contributed by atoms with Crippen molar-refractivity contribution >= 4 is 19.7 Å². The highest BCUT2D eigenvalue weighted by Gasteiger charge is 2.30. The van der Waals surface area contributed by atoms with Gasteiger partial charge in [-0.1, -0.05) is 281 Å². The number of phosphoric ester groups is 1. The molecule has 0 saturated heterocycles. The van der Waals surface area contributed by atoms with E-state index in [1.54, 1.807) is 0 Å². The molecule has 0 spiro atoms. The maximum atomic E-state index is 13.6. The second kappa shape index (κ2) is 57.9. The zero-order valence-electron chi connectivity index (χ0n) is 52.2. The van der Waals surface area contributed by atoms with Gasteiger partial charge in [-0.25, -0.2) is 4.57 Å². The first-order valence-electron chi connectivity index (χ1n) is 33.1. The smallest absolute Gasteiger partial charge is 0.456 e. The number of hydrogen-bond acceptors (Lipinski definition) is 6. The van der Waals surface area contributed by atoms with Crippen LogP contribution in [0, 0.1) is 0 Å². The van der Waals surface area contributed by atoms with Crippen LogP contribution in [0.2, 0.25) is 0 Å². The topological polar surface area (TPSA) is 111 Å². The Labute approximate surface area is 483 Å². The van der Waals surface area contributed by atoms with Crippen molar-refractivity contribution < 1.29 is 37.3 Å². The minimum Gasteiger partial charge on any atom is -0.456 e. The minimum atomic E-state index is -4.45. The molecule has 0 aliphatic carbocycles. The fraction of sp³-hybridized carbons (Fsp3) is 0.824. The Bertz CT molecular complexity index is 1520. The number of allylic oxidation sites excluding steroid dienone is 9. The number of unbranched alkanes of at least 4 members (excludes halogenated alkanes) is 36. The summed E-state index contributed by atoms with van der Waals surface area (Å²) in [5, 5.41) is 3.06. The predicted molar refractivity (Wildman–Crippen MR) is 337 cm³/mol. The standard InChI is InChI=1S/C68H127N2O7P/c1-7-10-13-16-19-22-25-28-30-31-32-33-34-35-36-37-38-39-40-42-45-48-51-54-57-60-67(71)69-65(64-76-78(73,74)75-63-62-70(4,5)6)66(59-56-53-50-47-44-41-27-24-21-18-15-12-9-3)77-68(72)61-58-55-52-49-46-43-29-26-23-20-17-14-11-8-2/h19,22,28,30,32-33,35-36,56,59,65-66H,7-18,20-21,23-27,29,31,34,37-55,57-58,60-64H2,1-6H3,(H-,69,71,73,74)/p+1/b22-19-,30-28-,33-32-,36-35-,59-56-. The van der Waals surface area contributed by atoms with Crippen molar-refractivity contribution in [2.24, 2.45) is 0 Å². The minimum absolute atomic E-state index is 0.0392. The van der Waals surface area contributed by atoms with Gasteiger partial charge in [0.15, 0.2) is 0 Å². The highest BCUT2D eigenvalue weighted by Crippen LogP contribution is 2.43. The van der Waals surface area contributed by atoms with E-state index >= 15 is 0 Å². The highest BCUT2D eigenvalue weighted by molar-refractivity contribution is 7.47. The van der Waals surface area contributed by atoms with Gasteiger partial charge in [-0.05, 0) is 76.7 Å². The number of carbonyl (C=O) groups is 2. The number of likely N-dealkylation sites (N-methyl/N-ethyl adjacent to an activating group) is 1. The van der Waals surface area contributed by atoms with Gasteiger partial charge in [0.1, 0.15) is 19.3 Å². The molecule has 0 radical (unpaired) electrons. The molecule has 0 aromatic rings. The van der Waals surface area contributed by atoms with Crippen LogP contribution in [0.3, 0.4) is 0 Å². The maximum absolute atomic E-state index is 13.6. The molecule has 10 heteroatoms. The molecule has 1 amide bonds. The molecule has 3 unspecified atom stereocenters. The average Bonchev–Trinajstić information content (AvgIpc) is 3.40. The summed E-state index contributed by atoms with van der Waals surface area (Å²) in [6.07, 6.45) is 73.6. The lowest BCUT2D eigenvalue weighted by Gasteiger charge is -2.27. The fourth-order valence-corrected chi connectivity index (χ4v) is 10.3. The summed E-state index contributed by atoms with van der Waals surface area (Å²) < 4.78 is 30.8. The second-order valence-electron chi connectivity index (χ2n) is 23.6. The van der Waals surface area contributed by atoms with Crippen LogP contribution in [0.5, 0.6) is 0 Å². The molecule has 0 saturated carbocycles. The van der Waals surface area contributed by atoms with Gasteiger partial charge < -0.3 is 19.4 Å². The Balaban J connectivity index is 5.14. The number of quaternary nitrogens is 1. The van der Waals surface area contributed by atoms with E-state index in [-0.39, 0.29) is 25.1 Å². The van der Waals surface area contributed by atoms with Crippen molar-refractivity contribution in [3.05, 3.63) is 60.8 Å². The van der Waals surface area contributed by atoms with E-state index in [0.717, 1.165) is 89.9 Å². The lowest BCUT2D eigenvalue weighted by Crippen LogP contribution is -2.47. The molecule has 456 valence electrons. The zero-order valence-corrected chi connectivity index (χ0v) is 53.1. The monoisotopic (exact) mass is 1120 g/mol. The molecule has 0 bridgehead atoms. The van der Waals surface area contributed by atoms with Crippen LogP contribution in [0.15, 0.2) is 60.8 Å². The molecule has 2 N–H and O–H groups in total. The Hall–Kier alpha value is -2.29. The van der Waals surface area contributed by atoms with Gasteiger partial charge in [-0.3, -0.25) is 18.6 Å². The number of rotatable bonds is 60. The maximum Gasteiger partial charge on any atom is 0.472 e. The van der Waals surface area contributed by atoms with E-state index in [1.807, 2.05) is 33.3 Å². The third kappa shape index (κ3) is 58.4.